The summed E-state index contributed by atoms with van der Waals surface area (Å²) in [7, 11) is 0. The van der Waals surface area contributed by atoms with Crippen molar-refractivity contribution in [1.82, 2.24) is 10.1 Å². The summed E-state index contributed by atoms with van der Waals surface area (Å²) in [6.07, 6.45) is 11.3. The van der Waals surface area contributed by atoms with Gasteiger partial charge in [-0.25, -0.2) is 0 Å². The number of aromatic nitrogens is 2. The average molecular weight is 369 g/mol. The number of carbonyl (C=O) groups is 1. The van der Waals surface area contributed by atoms with Crippen LogP contribution in [0.15, 0.2) is 28.8 Å². The second-order valence-electron chi connectivity index (χ2n) is 8.03. The lowest BCUT2D eigenvalue weighted by atomic mass is 9.91. The predicted molar refractivity (Wildman–Crippen MR) is 108 cm³/mol. The lowest BCUT2D eigenvalue weighted by Gasteiger charge is -2.14. The second-order valence-corrected chi connectivity index (χ2v) is 8.03. The van der Waals surface area contributed by atoms with Crippen molar-refractivity contribution in [2.75, 3.05) is 0 Å². The Morgan fingerprint density at radius 1 is 1.15 bits per heavy atom. The molecule has 0 bridgehead atoms. The Bertz CT molecular complexity index is 720. The van der Waals surface area contributed by atoms with Gasteiger partial charge >= 0.3 is 0 Å². The first-order valence-electron chi connectivity index (χ1n) is 10.6. The molecule has 0 aliphatic heterocycles. The summed E-state index contributed by atoms with van der Waals surface area (Å²) in [5.41, 5.74) is 1.65. The SMILES string of the molecule is CCCCc1noc(-c2ccc(C(=O)CCCCC3CCCC3C)cc2)n1. The summed E-state index contributed by atoms with van der Waals surface area (Å²) in [5, 5.41) is 4.02. The molecule has 0 N–H and O–H groups in total. The number of rotatable bonds is 10. The van der Waals surface area contributed by atoms with Crippen LogP contribution in [-0.2, 0) is 6.42 Å². The van der Waals surface area contributed by atoms with Gasteiger partial charge in [-0.2, -0.15) is 4.98 Å². The lowest BCUT2D eigenvalue weighted by molar-refractivity contribution is 0.0978. The van der Waals surface area contributed by atoms with Gasteiger partial charge in [-0.05, 0) is 36.8 Å². The quantitative estimate of drug-likeness (QED) is 0.367. The third kappa shape index (κ3) is 5.50. The molecule has 0 spiro atoms. The molecule has 2 unspecified atom stereocenters. The van der Waals surface area contributed by atoms with Crippen LogP contribution in [0.2, 0.25) is 0 Å². The molecule has 0 amide bonds. The van der Waals surface area contributed by atoms with Gasteiger partial charge in [-0.15, -0.1) is 0 Å². The van der Waals surface area contributed by atoms with E-state index >= 15 is 0 Å². The number of Topliss-reactive ketones (excluding diaryl/α,β-unsaturated/α-hetero) is 1. The van der Waals surface area contributed by atoms with Crippen molar-refractivity contribution >= 4 is 5.78 Å². The van der Waals surface area contributed by atoms with Crippen LogP contribution in [0, 0.1) is 11.8 Å². The van der Waals surface area contributed by atoms with Crippen molar-refractivity contribution in [1.29, 1.82) is 0 Å². The second kappa shape index (κ2) is 9.82. The zero-order valence-corrected chi connectivity index (χ0v) is 16.7. The van der Waals surface area contributed by atoms with Crippen LogP contribution in [0.25, 0.3) is 11.5 Å². The summed E-state index contributed by atoms with van der Waals surface area (Å²) in [4.78, 5) is 16.9. The maximum atomic E-state index is 12.4. The van der Waals surface area contributed by atoms with E-state index in [1.165, 1.54) is 32.1 Å². The highest BCUT2D eigenvalue weighted by Crippen LogP contribution is 2.34. The summed E-state index contributed by atoms with van der Waals surface area (Å²) >= 11 is 0. The Morgan fingerprint density at radius 3 is 2.67 bits per heavy atom. The van der Waals surface area contributed by atoms with Crippen molar-refractivity contribution in [2.45, 2.75) is 78.1 Å². The minimum Gasteiger partial charge on any atom is -0.334 e. The smallest absolute Gasteiger partial charge is 0.257 e. The highest BCUT2D eigenvalue weighted by molar-refractivity contribution is 5.96. The third-order valence-electron chi connectivity index (χ3n) is 5.94. The molecule has 4 heteroatoms. The normalized spacial score (nSPS) is 19.5. The maximum Gasteiger partial charge on any atom is 0.257 e. The van der Waals surface area contributed by atoms with E-state index in [1.807, 2.05) is 24.3 Å². The van der Waals surface area contributed by atoms with E-state index in [1.54, 1.807) is 0 Å². The number of hydrogen-bond donors (Lipinski definition) is 0. The average Bonchev–Trinajstić information content (AvgIpc) is 3.32. The molecule has 1 fully saturated rings. The molecule has 1 saturated carbocycles. The lowest BCUT2D eigenvalue weighted by Crippen LogP contribution is -2.04. The predicted octanol–water partition coefficient (Wildman–Crippen LogP) is 6.26. The van der Waals surface area contributed by atoms with Crippen LogP contribution >= 0.6 is 0 Å². The molecule has 0 saturated heterocycles. The molecule has 1 heterocycles. The number of hydrogen-bond acceptors (Lipinski definition) is 4. The van der Waals surface area contributed by atoms with E-state index in [4.69, 9.17) is 4.52 Å². The molecule has 1 aromatic heterocycles. The third-order valence-corrected chi connectivity index (χ3v) is 5.94. The number of aryl methyl sites for hydroxylation is 1. The van der Waals surface area contributed by atoms with E-state index < -0.39 is 0 Å². The maximum absolute atomic E-state index is 12.4. The molecule has 2 aromatic rings. The van der Waals surface area contributed by atoms with Gasteiger partial charge in [0, 0.05) is 24.0 Å². The van der Waals surface area contributed by atoms with E-state index in [0.717, 1.165) is 54.5 Å². The van der Waals surface area contributed by atoms with Crippen molar-refractivity contribution in [2.24, 2.45) is 11.8 Å². The van der Waals surface area contributed by atoms with Gasteiger partial charge in [0.15, 0.2) is 11.6 Å². The van der Waals surface area contributed by atoms with E-state index in [9.17, 15) is 4.79 Å². The van der Waals surface area contributed by atoms with Gasteiger partial charge in [-0.3, -0.25) is 4.79 Å². The number of unbranched alkanes of at least 4 members (excludes halogenated alkanes) is 2. The van der Waals surface area contributed by atoms with Crippen molar-refractivity contribution in [3.8, 4) is 11.5 Å². The fraction of sp³-hybridized carbons (Fsp3) is 0.609. The monoisotopic (exact) mass is 368 g/mol. The zero-order valence-electron chi connectivity index (χ0n) is 16.7. The highest BCUT2D eigenvalue weighted by Gasteiger charge is 2.22. The standard InChI is InChI=1S/C23H32N2O2/c1-3-4-12-22-24-23(27-25-22)20-15-13-19(14-16-20)21(26)11-6-5-9-18-10-7-8-17(18)2/h13-18H,3-12H2,1-2H3. The van der Waals surface area contributed by atoms with Gasteiger partial charge in [0.2, 0.25) is 0 Å². The van der Waals surface area contributed by atoms with Gasteiger partial charge in [0.05, 0.1) is 0 Å². The summed E-state index contributed by atoms with van der Waals surface area (Å²) in [6.45, 7) is 4.52. The number of carbonyl (C=O) groups excluding carboxylic acids is 1. The molecule has 1 aromatic carbocycles. The first kappa shape index (κ1) is 19.8. The Hall–Kier alpha value is -1.97. The molecule has 2 atom stereocenters. The van der Waals surface area contributed by atoms with Crippen LogP contribution in [0.1, 0.15) is 87.8 Å². The molecule has 4 nitrogen and oxygen atoms in total. The van der Waals surface area contributed by atoms with Gasteiger partial charge in [0.1, 0.15) is 0 Å². The van der Waals surface area contributed by atoms with E-state index in [-0.39, 0.29) is 5.78 Å². The van der Waals surface area contributed by atoms with Gasteiger partial charge in [-0.1, -0.05) is 69.7 Å². The number of ketones is 1. The van der Waals surface area contributed by atoms with Crippen molar-refractivity contribution in [3.05, 3.63) is 35.7 Å². The molecule has 146 valence electrons. The van der Waals surface area contributed by atoms with Crippen molar-refractivity contribution < 1.29 is 9.32 Å². The topological polar surface area (TPSA) is 56.0 Å². The van der Waals surface area contributed by atoms with E-state index in [0.29, 0.717) is 12.3 Å². The summed E-state index contributed by atoms with van der Waals surface area (Å²) in [5.74, 6) is 3.28. The molecule has 27 heavy (non-hydrogen) atoms. The van der Waals surface area contributed by atoms with Crippen LogP contribution in [0.5, 0.6) is 0 Å². The molecule has 3 rings (SSSR count). The Kier molecular flexibility index (Phi) is 7.19. The first-order chi connectivity index (χ1) is 13.2. The number of nitrogens with zero attached hydrogens (tertiary/aromatic N) is 2. The Labute approximate surface area is 162 Å². The Balaban J connectivity index is 1.46. The summed E-state index contributed by atoms with van der Waals surface area (Å²) in [6, 6.07) is 7.58. The largest absolute Gasteiger partial charge is 0.334 e. The van der Waals surface area contributed by atoms with Crippen LogP contribution < -0.4 is 0 Å². The van der Waals surface area contributed by atoms with Crippen LogP contribution in [-0.4, -0.2) is 15.9 Å². The van der Waals surface area contributed by atoms with E-state index in [2.05, 4.69) is 24.0 Å². The summed E-state index contributed by atoms with van der Waals surface area (Å²) < 4.78 is 5.34. The first-order valence-corrected chi connectivity index (χ1v) is 10.6. The number of benzene rings is 1. The van der Waals surface area contributed by atoms with Crippen molar-refractivity contribution in [3.63, 3.8) is 0 Å². The van der Waals surface area contributed by atoms with Gasteiger partial charge < -0.3 is 4.52 Å². The molecule has 0 radical (unpaired) electrons. The molecule has 1 aliphatic rings. The van der Waals surface area contributed by atoms with Crippen LogP contribution in [0.4, 0.5) is 0 Å². The molecular weight excluding hydrogens is 336 g/mol. The van der Waals surface area contributed by atoms with Gasteiger partial charge in [0.25, 0.3) is 5.89 Å². The zero-order chi connectivity index (χ0) is 19.1. The fourth-order valence-electron chi connectivity index (χ4n) is 4.09. The minimum absolute atomic E-state index is 0.232. The van der Waals surface area contributed by atoms with Crippen LogP contribution in [0.3, 0.4) is 0 Å². The highest BCUT2D eigenvalue weighted by atomic mass is 16.5. The molecule has 1 aliphatic carbocycles. The minimum atomic E-state index is 0.232. The fourth-order valence-corrected chi connectivity index (χ4v) is 4.09. The molecular formula is C23H32N2O2. The Morgan fingerprint density at radius 2 is 1.96 bits per heavy atom.